The molecule has 0 aliphatic rings. The molecule has 0 fully saturated rings. The molecule has 1 unspecified atom stereocenters. The minimum atomic E-state index is 0.155. The third-order valence-corrected chi connectivity index (χ3v) is 1.95. The van der Waals surface area contributed by atoms with Crippen molar-refractivity contribution in [3.05, 3.63) is 30.2 Å². The van der Waals surface area contributed by atoms with Crippen molar-refractivity contribution in [2.24, 2.45) is 5.73 Å². The molecule has 2 rings (SSSR count). The fourth-order valence-electron chi connectivity index (χ4n) is 1.41. The van der Waals surface area contributed by atoms with Gasteiger partial charge in [0, 0.05) is 12.2 Å². The van der Waals surface area contributed by atoms with Crippen LogP contribution in [0.3, 0.4) is 0 Å². The minimum absolute atomic E-state index is 0.155. The van der Waals surface area contributed by atoms with Crippen LogP contribution in [0.5, 0.6) is 0 Å². The van der Waals surface area contributed by atoms with Gasteiger partial charge in [0.05, 0.1) is 0 Å². The molecule has 0 saturated heterocycles. The lowest BCUT2D eigenvalue weighted by atomic mass is 10.1. The lowest BCUT2D eigenvalue weighted by Crippen LogP contribution is -2.18. The van der Waals surface area contributed by atoms with E-state index in [1.807, 2.05) is 29.7 Å². The fraction of sp³-hybridized carbons (Fsp3) is 0.333. The third-order valence-electron chi connectivity index (χ3n) is 1.95. The van der Waals surface area contributed by atoms with Gasteiger partial charge in [0.1, 0.15) is 6.33 Å². The molecule has 1 atom stereocenters. The van der Waals surface area contributed by atoms with Crippen LogP contribution in [0.25, 0.3) is 5.65 Å². The summed E-state index contributed by atoms with van der Waals surface area (Å²) in [6.45, 7) is 1.99. The van der Waals surface area contributed by atoms with E-state index in [1.54, 1.807) is 6.33 Å². The van der Waals surface area contributed by atoms with Gasteiger partial charge >= 0.3 is 0 Å². The van der Waals surface area contributed by atoms with Gasteiger partial charge < -0.3 is 5.73 Å². The average Bonchev–Trinajstić information content (AvgIpc) is 2.51. The monoisotopic (exact) mass is 176 g/mol. The Kier molecular flexibility index (Phi) is 1.98. The zero-order valence-corrected chi connectivity index (χ0v) is 7.51. The van der Waals surface area contributed by atoms with Gasteiger partial charge in [-0.3, -0.25) is 4.40 Å². The molecule has 2 aromatic rings. The lowest BCUT2D eigenvalue weighted by molar-refractivity contribution is 0.738. The Bertz CT molecular complexity index is 405. The summed E-state index contributed by atoms with van der Waals surface area (Å²) in [6.07, 6.45) is 4.46. The molecule has 2 aromatic heterocycles. The maximum Gasteiger partial charge on any atom is 0.163 e. The molecule has 13 heavy (non-hydrogen) atoms. The van der Waals surface area contributed by atoms with E-state index in [4.69, 9.17) is 5.73 Å². The molecule has 0 bridgehead atoms. The van der Waals surface area contributed by atoms with Crippen molar-refractivity contribution >= 4 is 5.65 Å². The second-order valence-electron chi connectivity index (χ2n) is 3.28. The Labute approximate surface area is 76.4 Å². The van der Waals surface area contributed by atoms with Gasteiger partial charge in [0.25, 0.3) is 0 Å². The van der Waals surface area contributed by atoms with Crippen molar-refractivity contribution < 1.29 is 0 Å². The molecule has 0 spiro atoms. The van der Waals surface area contributed by atoms with Crippen molar-refractivity contribution in [1.82, 2.24) is 14.6 Å². The summed E-state index contributed by atoms with van der Waals surface area (Å²) in [6, 6.07) is 4.17. The second kappa shape index (κ2) is 3.14. The van der Waals surface area contributed by atoms with Crippen LogP contribution in [-0.2, 0) is 6.42 Å². The number of fused-ring (bicyclic) bond motifs is 1. The van der Waals surface area contributed by atoms with Gasteiger partial charge in [-0.15, -0.1) is 10.2 Å². The van der Waals surface area contributed by atoms with Crippen molar-refractivity contribution in [2.75, 3.05) is 0 Å². The van der Waals surface area contributed by atoms with E-state index in [0.29, 0.717) is 0 Å². The smallest absolute Gasteiger partial charge is 0.163 e. The van der Waals surface area contributed by atoms with E-state index < -0.39 is 0 Å². The molecule has 4 nitrogen and oxygen atoms in total. The van der Waals surface area contributed by atoms with Crippen LogP contribution in [0.4, 0.5) is 0 Å². The Morgan fingerprint density at radius 3 is 3.23 bits per heavy atom. The summed E-state index contributed by atoms with van der Waals surface area (Å²) in [4.78, 5) is 0. The van der Waals surface area contributed by atoms with Crippen LogP contribution in [-0.4, -0.2) is 20.6 Å². The molecule has 0 aliphatic carbocycles. The second-order valence-corrected chi connectivity index (χ2v) is 3.28. The molecule has 0 radical (unpaired) electrons. The maximum atomic E-state index is 5.73. The molecule has 0 aromatic carbocycles. The summed E-state index contributed by atoms with van der Waals surface area (Å²) < 4.78 is 1.90. The van der Waals surface area contributed by atoms with Crippen LogP contribution in [0.15, 0.2) is 24.7 Å². The van der Waals surface area contributed by atoms with Gasteiger partial charge in [0.15, 0.2) is 5.65 Å². The zero-order chi connectivity index (χ0) is 9.26. The largest absolute Gasteiger partial charge is 0.328 e. The highest BCUT2D eigenvalue weighted by Crippen LogP contribution is 2.08. The van der Waals surface area contributed by atoms with Crippen LogP contribution in [0.1, 0.15) is 12.5 Å². The Balaban J connectivity index is 2.48. The number of aromatic nitrogens is 3. The average molecular weight is 176 g/mol. The quantitative estimate of drug-likeness (QED) is 0.729. The molecule has 68 valence electrons. The first-order chi connectivity index (χ1) is 6.27. The van der Waals surface area contributed by atoms with Crippen LogP contribution < -0.4 is 5.73 Å². The van der Waals surface area contributed by atoms with E-state index in [9.17, 15) is 0 Å². The Hall–Kier alpha value is -1.42. The summed E-state index contributed by atoms with van der Waals surface area (Å²) in [5.74, 6) is 0. The van der Waals surface area contributed by atoms with Gasteiger partial charge in [-0.1, -0.05) is 6.07 Å². The van der Waals surface area contributed by atoms with E-state index >= 15 is 0 Å². The first kappa shape index (κ1) is 8.19. The topological polar surface area (TPSA) is 56.2 Å². The van der Waals surface area contributed by atoms with E-state index in [-0.39, 0.29) is 6.04 Å². The van der Waals surface area contributed by atoms with Crippen LogP contribution in [0.2, 0.25) is 0 Å². The number of hydrogen-bond donors (Lipinski definition) is 1. The molecule has 0 saturated carbocycles. The zero-order valence-electron chi connectivity index (χ0n) is 7.51. The number of hydrogen-bond acceptors (Lipinski definition) is 3. The molecule has 0 aliphatic heterocycles. The number of nitrogens with zero attached hydrogens (tertiary/aromatic N) is 3. The summed E-state index contributed by atoms with van der Waals surface area (Å²) in [7, 11) is 0. The standard InChI is InChI=1S/C9H12N4/c1-7(10)5-8-3-2-4-13-6-11-12-9(8)13/h2-4,6-7H,5,10H2,1H3. The first-order valence-electron chi connectivity index (χ1n) is 4.30. The van der Waals surface area contributed by atoms with Gasteiger partial charge in [-0.25, -0.2) is 0 Å². The van der Waals surface area contributed by atoms with Crippen LogP contribution in [0, 0.1) is 0 Å². The van der Waals surface area contributed by atoms with Gasteiger partial charge in [-0.05, 0) is 25.0 Å². The summed E-state index contributed by atoms with van der Waals surface area (Å²) in [5.41, 5.74) is 7.78. The molecule has 2 heterocycles. The normalized spacial score (nSPS) is 13.4. The number of nitrogens with two attached hydrogens (primary N) is 1. The molecule has 2 N–H and O–H groups in total. The van der Waals surface area contributed by atoms with Crippen LogP contribution >= 0.6 is 0 Å². The van der Waals surface area contributed by atoms with Gasteiger partial charge in [0.2, 0.25) is 0 Å². The number of rotatable bonds is 2. The SMILES string of the molecule is CC(N)Cc1cccn2cnnc12. The van der Waals surface area contributed by atoms with Crippen molar-refractivity contribution in [1.29, 1.82) is 0 Å². The highest BCUT2D eigenvalue weighted by molar-refractivity contribution is 5.46. The molecule has 0 amide bonds. The molecular formula is C9H12N4. The summed E-state index contributed by atoms with van der Waals surface area (Å²) in [5, 5.41) is 7.87. The van der Waals surface area contributed by atoms with E-state index in [2.05, 4.69) is 10.2 Å². The lowest BCUT2D eigenvalue weighted by Gasteiger charge is -2.05. The Morgan fingerprint density at radius 1 is 1.62 bits per heavy atom. The fourth-order valence-corrected chi connectivity index (χ4v) is 1.41. The van der Waals surface area contributed by atoms with Gasteiger partial charge in [-0.2, -0.15) is 0 Å². The predicted molar refractivity (Wildman–Crippen MR) is 50.3 cm³/mol. The minimum Gasteiger partial charge on any atom is -0.328 e. The number of pyridine rings is 1. The van der Waals surface area contributed by atoms with Crippen molar-refractivity contribution in [3.63, 3.8) is 0 Å². The maximum absolute atomic E-state index is 5.73. The Morgan fingerprint density at radius 2 is 2.46 bits per heavy atom. The van der Waals surface area contributed by atoms with E-state index in [1.165, 1.54) is 0 Å². The molecule has 4 heteroatoms. The van der Waals surface area contributed by atoms with Crippen molar-refractivity contribution in [3.8, 4) is 0 Å². The third kappa shape index (κ3) is 1.53. The highest BCUT2D eigenvalue weighted by atomic mass is 15.2. The van der Waals surface area contributed by atoms with E-state index in [0.717, 1.165) is 17.6 Å². The summed E-state index contributed by atoms with van der Waals surface area (Å²) >= 11 is 0. The van der Waals surface area contributed by atoms with Crippen molar-refractivity contribution in [2.45, 2.75) is 19.4 Å². The highest BCUT2D eigenvalue weighted by Gasteiger charge is 2.04. The predicted octanol–water partition coefficient (Wildman–Crippen LogP) is 0.619. The molecular weight excluding hydrogens is 164 g/mol. The first-order valence-corrected chi connectivity index (χ1v) is 4.30.